The Morgan fingerprint density at radius 1 is 1.35 bits per heavy atom. The molecule has 0 bridgehead atoms. The van der Waals surface area contributed by atoms with Crippen LogP contribution in [-0.4, -0.2) is 9.97 Å². The zero-order valence-electron chi connectivity index (χ0n) is 8.82. The fraction of sp³-hybridized carbons (Fsp3) is 0.0909. The third kappa shape index (κ3) is 2.82. The predicted molar refractivity (Wildman–Crippen MR) is 65.2 cm³/mol. The smallest absolute Gasteiger partial charge is 0.157 e. The van der Waals surface area contributed by atoms with Crippen LogP contribution in [0.4, 0.5) is 15.9 Å². The minimum absolute atomic E-state index is 0.196. The summed E-state index contributed by atoms with van der Waals surface area (Å²) in [6, 6.07) is 6.27. The van der Waals surface area contributed by atoms with Crippen molar-refractivity contribution in [1.82, 2.24) is 9.97 Å². The summed E-state index contributed by atoms with van der Waals surface area (Å²) in [7, 11) is 0. The number of rotatable bonds is 3. The summed E-state index contributed by atoms with van der Waals surface area (Å²) in [4.78, 5) is 7.69. The number of hydrogen-bond acceptors (Lipinski definition) is 4. The summed E-state index contributed by atoms with van der Waals surface area (Å²) in [6.45, 7) is 0.412. The molecule has 2 aromatic rings. The monoisotopic (exact) mass is 252 g/mol. The van der Waals surface area contributed by atoms with Gasteiger partial charge in [0.1, 0.15) is 17.8 Å². The van der Waals surface area contributed by atoms with Gasteiger partial charge < -0.3 is 11.1 Å². The second-order valence-electron chi connectivity index (χ2n) is 3.41. The lowest BCUT2D eigenvalue weighted by Crippen LogP contribution is -2.05. The van der Waals surface area contributed by atoms with Crippen molar-refractivity contribution in [1.29, 1.82) is 0 Å². The van der Waals surface area contributed by atoms with Crippen molar-refractivity contribution in [3.63, 3.8) is 0 Å². The Balaban J connectivity index is 2.10. The van der Waals surface area contributed by atoms with Crippen LogP contribution >= 0.6 is 11.6 Å². The summed E-state index contributed by atoms with van der Waals surface area (Å²) in [5, 5.41) is 3.17. The van der Waals surface area contributed by atoms with Gasteiger partial charge in [-0.25, -0.2) is 14.4 Å². The van der Waals surface area contributed by atoms with E-state index >= 15 is 0 Å². The maximum Gasteiger partial charge on any atom is 0.157 e. The van der Waals surface area contributed by atoms with Gasteiger partial charge in [-0.3, -0.25) is 0 Å². The molecule has 0 atom stereocenters. The van der Waals surface area contributed by atoms with Crippen molar-refractivity contribution in [3.05, 3.63) is 47.1 Å². The van der Waals surface area contributed by atoms with Crippen LogP contribution in [0.3, 0.4) is 0 Å². The molecule has 0 radical (unpaired) electrons. The highest BCUT2D eigenvalue weighted by molar-refractivity contribution is 6.32. The van der Waals surface area contributed by atoms with Gasteiger partial charge in [0.15, 0.2) is 11.0 Å². The van der Waals surface area contributed by atoms with E-state index in [4.69, 9.17) is 17.3 Å². The van der Waals surface area contributed by atoms with E-state index in [9.17, 15) is 4.39 Å². The topological polar surface area (TPSA) is 63.8 Å². The number of hydrogen-bond donors (Lipinski definition) is 2. The molecular weight excluding hydrogens is 243 g/mol. The second-order valence-corrected chi connectivity index (χ2v) is 3.77. The number of anilines is 2. The van der Waals surface area contributed by atoms with E-state index in [1.807, 2.05) is 0 Å². The molecule has 0 amide bonds. The fourth-order valence-electron chi connectivity index (χ4n) is 1.35. The molecule has 4 nitrogen and oxygen atoms in total. The first kappa shape index (κ1) is 11.6. The molecular formula is C11H10ClFN4. The quantitative estimate of drug-likeness (QED) is 0.824. The third-order valence-electron chi connectivity index (χ3n) is 2.18. The maximum absolute atomic E-state index is 12.9. The molecule has 0 aliphatic heterocycles. The van der Waals surface area contributed by atoms with Gasteiger partial charge in [0.2, 0.25) is 0 Å². The van der Waals surface area contributed by atoms with Gasteiger partial charge in [-0.2, -0.15) is 0 Å². The highest BCUT2D eigenvalue weighted by Gasteiger charge is 2.05. The molecule has 0 spiro atoms. The van der Waals surface area contributed by atoms with Gasteiger partial charge in [0, 0.05) is 6.54 Å². The Kier molecular flexibility index (Phi) is 3.39. The Hall–Kier alpha value is -1.88. The highest BCUT2D eigenvalue weighted by Crippen LogP contribution is 2.22. The Bertz CT molecular complexity index is 533. The summed E-state index contributed by atoms with van der Waals surface area (Å²) < 4.78 is 12.9. The number of benzene rings is 1. The fourth-order valence-corrected chi connectivity index (χ4v) is 1.48. The van der Waals surface area contributed by atoms with Gasteiger partial charge in [-0.1, -0.05) is 23.7 Å². The van der Waals surface area contributed by atoms with Crippen LogP contribution in [0.15, 0.2) is 30.6 Å². The van der Waals surface area contributed by atoms with E-state index in [1.165, 1.54) is 18.5 Å². The zero-order valence-corrected chi connectivity index (χ0v) is 9.58. The Morgan fingerprint density at radius 2 is 2.18 bits per heavy atom. The van der Waals surface area contributed by atoms with Gasteiger partial charge in [0.25, 0.3) is 0 Å². The van der Waals surface area contributed by atoms with E-state index in [-0.39, 0.29) is 16.7 Å². The number of halogens is 2. The first-order valence-electron chi connectivity index (χ1n) is 4.91. The van der Waals surface area contributed by atoms with Crippen LogP contribution in [-0.2, 0) is 6.54 Å². The van der Waals surface area contributed by atoms with E-state index in [2.05, 4.69) is 15.3 Å². The lowest BCUT2D eigenvalue weighted by atomic mass is 10.2. The average molecular weight is 253 g/mol. The summed E-state index contributed by atoms with van der Waals surface area (Å²) in [6.07, 6.45) is 1.31. The van der Waals surface area contributed by atoms with Crippen LogP contribution in [0, 0.1) is 5.82 Å². The molecule has 17 heavy (non-hydrogen) atoms. The molecule has 0 aliphatic rings. The van der Waals surface area contributed by atoms with Crippen LogP contribution in [0.25, 0.3) is 0 Å². The van der Waals surface area contributed by atoms with Crippen molar-refractivity contribution in [3.8, 4) is 0 Å². The van der Waals surface area contributed by atoms with Gasteiger partial charge >= 0.3 is 0 Å². The predicted octanol–water partition coefficient (Wildman–Crippen LogP) is 2.46. The molecule has 0 saturated carbocycles. The maximum atomic E-state index is 12.9. The molecule has 3 N–H and O–H groups in total. The minimum atomic E-state index is -0.280. The minimum Gasteiger partial charge on any atom is -0.393 e. The number of aromatic nitrogens is 2. The van der Waals surface area contributed by atoms with Gasteiger partial charge in [-0.05, 0) is 17.7 Å². The molecule has 1 heterocycles. The van der Waals surface area contributed by atoms with Crippen LogP contribution in [0.5, 0.6) is 0 Å². The molecule has 0 saturated heterocycles. The highest BCUT2D eigenvalue weighted by atomic mass is 35.5. The van der Waals surface area contributed by atoms with Crippen molar-refractivity contribution in [2.45, 2.75) is 6.54 Å². The number of nitrogens with zero attached hydrogens (tertiary/aromatic N) is 2. The van der Waals surface area contributed by atoms with E-state index in [0.29, 0.717) is 12.4 Å². The van der Waals surface area contributed by atoms with Crippen LogP contribution < -0.4 is 11.1 Å². The molecule has 1 aromatic heterocycles. The van der Waals surface area contributed by atoms with Crippen molar-refractivity contribution < 1.29 is 4.39 Å². The Morgan fingerprint density at radius 3 is 2.94 bits per heavy atom. The molecule has 2 rings (SSSR count). The lowest BCUT2D eigenvalue weighted by molar-refractivity contribution is 0.626. The normalized spacial score (nSPS) is 10.2. The molecule has 88 valence electrons. The van der Waals surface area contributed by atoms with Gasteiger partial charge in [-0.15, -0.1) is 0 Å². The average Bonchev–Trinajstić information content (AvgIpc) is 2.31. The number of nitrogen functional groups attached to an aromatic ring is 1. The largest absolute Gasteiger partial charge is 0.393 e. The Labute approximate surface area is 103 Å². The molecule has 0 aliphatic carbocycles. The number of nitrogens with two attached hydrogens (primary N) is 1. The second kappa shape index (κ2) is 4.97. The van der Waals surface area contributed by atoms with Gasteiger partial charge in [0.05, 0.1) is 0 Å². The first-order chi connectivity index (χ1) is 8.16. The summed E-state index contributed by atoms with van der Waals surface area (Å²) in [5.74, 6) is 0.159. The van der Waals surface area contributed by atoms with Crippen molar-refractivity contribution in [2.75, 3.05) is 11.1 Å². The van der Waals surface area contributed by atoms with E-state index in [1.54, 1.807) is 12.1 Å². The SMILES string of the molecule is Nc1c(Cl)ncnc1NCc1cccc(F)c1. The van der Waals surface area contributed by atoms with Crippen LogP contribution in [0.1, 0.15) is 5.56 Å². The summed E-state index contributed by atoms with van der Waals surface area (Å²) >= 11 is 5.74. The lowest BCUT2D eigenvalue weighted by Gasteiger charge is -2.08. The van der Waals surface area contributed by atoms with E-state index in [0.717, 1.165) is 5.56 Å². The molecule has 1 aromatic carbocycles. The number of nitrogens with one attached hydrogen (secondary N) is 1. The summed E-state index contributed by atoms with van der Waals surface area (Å²) in [5.41, 5.74) is 6.76. The zero-order chi connectivity index (χ0) is 12.3. The van der Waals surface area contributed by atoms with E-state index < -0.39 is 0 Å². The first-order valence-corrected chi connectivity index (χ1v) is 5.29. The molecule has 0 unspecified atom stereocenters. The standard InChI is InChI=1S/C11H10ClFN4/c12-10-9(14)11(17-6-16-10)15-5-7-2-1-3-8(13)4-7/h1-4,6H,5,14H2,(H,15,16,17). The van der Waals surface area contributed by atoms with Crippen molar-refractivity contribution in [2.24, 2.45) is 0 Å². The molecule has 0 fully saturated rings. The third-order valence-corrected chi connectivity index (χ3v) is 2.49. The molecule has 6 heteroatoms. The van der Waals surface area contributed by atoms with Crippen molar-refractivity contribution >= 4 is 23.1 Å². The van der Waals surface area contributed by atoms with Crippen LogP contribution in [0.2, 0.25) is 5.15 Å².